The first-order valence-corrected chi connectivity index (χ1v) is 11.6. The highest BCUT2D eigenvalue weighted by molar-refractivity contribution is 6.21. The molecule has 1 heterocycles. The van der Waals surface area contributed by atoms with Crippen LogP contribution in [0.15, 0.2) is 41.0 Å². The topological polar surface area (TPSA) is 138 Å². The second kappa shape index (κ2) is 12.2. The van der Waals surface area contributed by atoms with Gasteiger partial charge in [0.2, 0.25) is 0 Å². The Hall–Kier alpha value is -3.18. The van der Waals surface area contributed by atoms with Crippen LogP contribution in [-0.2, 0) is 16.1 Å². The SMILES string of the molecule is CC.Cc1cccc(CN2CCC(CC#N)(N/C=C(/C(N)=O)C(N)=NC(=O)C3CC3)CC2)c1. The Morgan fingerprint density at radius 2 is 1.94 bits per heavy atom. The second-order valence-corrected chi connectivity index (χ2v) is 8.56. The minimum Gasteiger partial charge on any atom is -0.384 e. The summed E-state index contributed by atoms with van der Waals surface area (Å²) < 4.78 is 0. The Bertz CT molecular complexity index is 934. The van der Waals surface area contributed by atoms with Crippen LogP contribution in [0.3, 0.4) is 0 Å². The third-order valence-corrected chi connectivity index (χ3v) is 5.94. The molecule has 2 amide bonds. The predicted molar refractivity (Wildman–Crippen MR) is 130 cm³/mol. The van der Waals surface area contributed by atoms with Crippen LogP contribution in [0.1, 0.15) is 57.1 Å². The lowest BCUT2D eigenvalue weighted by atomic mass is 9.84. The van der Waals surface area contributed by atoms with Gasteiger partial charge in [-0.1, -0.05) is 43.7 Å². The molecule has 2 aliphatic rings. The number of nitrogens with zero attached hydrogens (tertiary/aromatic N) is 3. The van der Waals surface area contributed by atoms with E-state index in [1.165, 1.54) is 17.3 Å². The first kappa shape index (κ1) is 26.1. The number of carbonyl (C=O) groups is 2. The minimum atomic E-state index is -0.763. The number of primary amides is 1. The number of carbonyl (C=O) groups excluding carboxylic acids is 2. The molecule has 33 heavy (non-hydrogen) atoms. The number of nitrogens with one attached hydrogen (secondary N) is 1. The average Bonchev–Trinajstić information content (AvgIpc) is 3.63. The number of aliphatic imine (C=N–C) groups is 1. The number of amides is 2. The maximum atomic E-state index is 11.9. The number of hydrogen-bond acceptors (Lipinski definition) is 5. The van der Waals surface area contributed by atoms with Gasteiger partial charge in [-0.3, -0.25) is 14.5 Å². The number of rotatable bonds is 8. The standard InChI is InChI=1S/C23H30N6O2.C2H6/c1-16-3-2-4-17(13-16)15-29-11-8-23(7-10-24,9-12-29)27-14-19(21(26)30)20(25)28-22(31)18-5-6-18;1-2/h2-4,13-14,18,27H,5-9,11-12,15H2,1H3,(H2,26,30)(H2,25,28,31);1-2H3/b19-14+;. The molecule has 1 aliphatic heterocycles. The summed E-state index contributed by atoms with van der Waals surface area (Å²) in [5.41, 5.74) is 13.3. The maximum Gasteiger partial charge on any atom is 0.253 e. The Labute approximate surface area is 196 Å². The molecule has 0 aromatic heterocycles. The molecule has 8 heteroatoms. The number of aryl methyl sites for hydroxylation is 1. The molecule has 1 saturated heterocycles. The summed E-state index contributed by atoms with van der Waals surface area (Å²) in [6, 6.07) is 10.7. The van der Waals surface area contributed by atoms with E-state index in [0.29, 0.717) is 0 Å². The summed E-state index contributed by atoms with van der Waals surface area (Å²) in [4.78, 5) is 30.0. The van der Waals surface area contributed by atoms with Crippen molar-refractivity contribution in [2.24, 2.45) is 22.4 Å². The molecule has 1 saturated carbocycles. The first-order valence-electron chi connectivity index (χ1n) is 11.6. The van der Waals surface area contributed by atoms with E-state index >= 15 is 0 Å². The van der Waals surface area contributed by atoms with Crippen molar-refractivity contribution in [3.05, 3.63) is 47.2 Å². The number of nitrogens with two attached hydrogens (primary N) is 2. The summed E-state index contributed by atoms with van der Waals surface area (Å²) in [5.74, 6) is -1.36. The Morgan fingerprint density at radius 3 is 2.48 bits per heavy atom. The Balaban J connectivity index is 0.00000187. The third-order valence-electron chi connectivity index (χ3n) is 5.94. The van der Waals surface area contributed by atoms with Gasteiger partial charge in [-0.15, -0.1) is 0 Å². The zero-order chi connectivity index (χ0) is 24.4. The maximum absolute atomic E-state index is 11.9. The molecule has 0 bridgehead atoms. The van der Waals surface area contributed by atoms with Gasteiger partial charge < -0.3 is 16.8 Å². The van der Waals surface area contributed by atoms with Crippen LogP contribution in [0.5, 0.6) is 0 Å². The van der Waals surface area contributed by atoms with Crippen LogP contribution in [0.25, 0.3) is 0 Å². The summed E-state index contributed by atoms with van der Waals surface area (Å²) in [6.07, 6.45) is 4.77. The predicted octanol–water partition coefficient (Wildman–Crippen LogP) is 2.52. The van der Waals surface area contributed by atoms with Crippen LogP contribution in [0.4, 0.5) is 0 Å². The molecule has 1 aromatic carbocycles. The lowest BCUT2D eigenvalue weighted by molar-refractivity contribution is -0.118. The fraction of sp³-hybridized carbons (Fsp3) is 0.520. The van der Waals surface area contributed by atoms with Crippen molar-refractivity contribution in [2.75, 3.05) is 13.1 Å². The van der Waals surface area contributed by atoms with E-state index in [2.05, 4.69) is 52.5 Å². The smallest absolute Gasteiger partial charge is 0.253 e. The van der Waals surface area contributed by atoms with E-state index in [4.69, 9.17) is 11.5 Å². The van der Waals surface area contributed by atoms with Gasteiger partial charge in [0.1, 0.15) is 5.84 Å². The third kappa shape index (κ3) is 7.72. The monoisotopic (exact) mass is 452 g/mol. The zero-order valence-corrected chi connectivity index (χ0v) is 19.9. The molecule has 5 N–H and O–H groups in total. The van der Waals surface area contributed by atoms with Gasteiger partial charge in [-0.05, 0) is 38.2 Å². The highest BCUT2D eigenvalue weighted by Crippen LogP contribution is 2.30. The van der Waals surface area contributed by atoms with Crippen LogP contribution >= 0.6 is 0 Å². The first-order chi connectivity index (χ1) is 15.8. The lowest BCUT2D eigenvalue weighted by Gasteiger charge is -2.41. The Morgan fingerprint density at radius 1 is 1.27 bits per heavy atom. The summed E-state index contributed by atoms with van der Waals surface area (Å²) in [6.45, 7) is 8.56. The van der Waals surface area contributed by atoms with E-state index in [-0.39, 0.29) is 29.7 Å². The molecular weight excluding hydrogens is 416 g/mol. The van der Waals surface area contributed by atoms with E-state index in [0.717, 1.165) is 45.3 Å². The minimum absolute atomic E-state index is 0.0338. The van der Waals surface area contributed by atoms with Crippen LogP contribution in [-0.4, -0.2) is 41.2 Å². The molecule has 2 fully saturated rings. The van der Waals surface area contributed by atoms with Crippen molar-refractivity contribution in [3.63, 3.8) is 0 Å². The number of nitriles is 1. The normalized spacial score (nSPS) is 18.5. The molecule has 1 aliphatic carbocycles. The second-order valence-electron chi connectivity index (χ2n) is 8.56. The van der Waals surface area contributed by atoms with Crippen molar-refractivity contribution in [2.45, 2.75) is 65.0 Å². The van der Waals surface area contributed by atoms with Gasteiger partial charge >= 0.3 is 0 Å². The summed E-state index contributed by atoms with van der Waals surface area (Å²) in [5, 5.41) is 12.6. The molecule has 8 nitrogen and oxygen atoms in total. The molecule has 0 radical (unpaired) electrons. The van der Waals surface area contributed by atoms with Gasteiger partial charge in [-0.25, -0.2) is 0 Å². The zero-order valence-electron chi connectivity index (χ0n) is 19.9. The molecule has 3 rings (SSSR count). The lowest BCUT2D eigenvalue weighted by Crippen LogP contribution is -2.51. The molecule has 1 aromatic rings. The van der Waals surface area contributed by atoms with Crippen LogP contribution < -0.4 is 16.8 Å². The Kier molecular flexibility index (Phi) is 9.61. The number of likely N-dealkylation sites (tertiary alicyclic amines) is 1. The fourth-order valence-corrected chi connectivity index (χ4v) is 3.83. The van der Waals surface area contributed by atoms with E-state index < -0.39 is 11.4 Å². The number of benzene rings is 1. The fourth-order valence-electron chi connectivity index (χ4n) is 3.83. The number of hydrogen-bond donors (Lipinski definition) is 3. The highest BCUT2D eigenvalue weighted by atomic mass is 16.2. The van der Waals surface area contributed by atoms with Crippen LogP contribution in [0, 0.1) is 24.2 Å². The van der Waals surface area contributed by atoms with E-state index in [9.17, 15) is 14.9 Å². The van der Waals surface area contributed by atoms with E-state index in [1.807, 2.05) is 13.8 Å². The number of amidine groups is 1. The average molecular weight is 453 g/mol. The van der Waals surface area contributed by atoms with Gasteiger partial charge in [0, 0.05) is 31.8 Å². The summed E-state index contributed by atoms with van der Waals surface area (Å²) >= 11 is 0. The van der Waals surface area contributed by atoms with Gasteiger partial charge in [0.05, 0.1) is 23.6 Å². The van der Waals surface area contributed by atoms with Crippen molar-refractivity contribution in [3.8, 4) is 6.07 Å². The largest absolute Gasteiger partial charge is 0.384 e. The van der Waals surface area contributed by atoms with Crippen molar-refractivity contribution in [1.82, 2.24) is 10.2 Å². The quantitative estimate of drug-likeness (QED) is 0.315. The van der Waals surface area contributed by atoms with Crippen molar-refractivity contribution < 1.29 is 9.59 Å². The molecule has 0 atom stereocenters. The van der Waals surface area contributed by atoms with Crippen molar-refractivity contribution >= 4 is 17.6 Å². The highest BCUT2D eigenvalue weighted by Gasteiger charge is 2.34. The van der Waals surface area contributed by atoms with E-state index in [1.54, 1.807) is 0 Å². The van der Waals surface area contributed by atoms with Crippen LogP contribution in [0.2, 0.25) is 0 Å². The number of piperidine rings is 1. The molecule has 178 valence electrons. The van der Waals surface area contributed by atoms with Gasteiger partial charge in [-0.2, -0.15) is 10.3 Å². The molecule has 0 unspecified atom stereocenters. The molecule has 0 spiro atoms. The summed E-state index contributed by atoms with van der Waals surface area (Å²) in [7, 11) is 0. The van der Waals surface area contributed by atoms with Gasteiger partial charge in [0.15, 0.2) is 0 Å². The molecular formula is C25H36N6O2. The van der Waals surface area contributed by atoms with Gasteiger partial charge in [0.25, 0.3) is 11.8 Å². The van der Waals surface area contributed by atoms with Crippen molar-refractivity contribution in [1.29, 1.82) is 5.26 Å².